The Bertz CT molecular complexity index is 1320. The van der Waals surface area contributed by atoms with Crippen LogP contribution in [0.3, 0.4) is 0 Å². The summed E-state index contributed by atoms with van der Waals surface area (Å²) >= 11 is 0. The van der Waals surface area contributed by atoms with E-state index in [0.29, 0.717) is 23.5 Å². The van der Waals surface area contributed by atoms with Crippen LogP contribution in [-0.2, 0) is 13.0 Å². The third-order valence-corrected chi connectivity index (χ3v) is 8.32. The molecule has 1 N–H and O–H groups in total. The Kier molecular flexibility index (Phi) is 10.2. The SMILES string of the molecule is C[C@@H]1Cc2cc(OCc3ccccc3)ccc2C(c2c(F)cc(OC3CCCCNCCCC3)cc2F)N1CC(F)(F)F. The molecule has 0 spiro atoms. The molecule has 5 rings (SSSR count). The average Bonchev–Trinajstić information content (AvgIpc) is 2.96. The first kappa shape index (κ1) is 31.3. The highest BCUT2D eigenvalue weighted by Gasteiger charge is 2.42. The van der Waals surface area contributed by atoms with E-state index in [0.717, 1.165) is 74.2 Å². The van der Waals surface area contributed by atoms with E-state index in [4.69, 9.17) is 9.47 Å². The summed E-state index contributed by atoms with van der Waals surface area (Å²) in [6.45, 7) is 2.55. The van der Waals surface area contributed by atoms with Crippen LogP contribution in [0.2, 0.25) is 0 Å². The van der Waals surface area contributed by atoms with Gasteiger partial charge in [0.1, 0.15) is 29.7 Å². The van der Waals surface area contributed by atoms with Crippen molar-refractivity contribution in [1.82, 2.24) is 10.2 Å². The molecule has 1 fully saturated rings. The summed E-state index contributed by atoms with van der Waals surface area (Å²) in [6.07, 6.45) is 0.957. The van der Waals surface area contributed by atoms with E-state index >= 15 is 8.78 Å². The minimum Gasteiger partial charge on any atom is -0.490 e. The summed E-state index contributed by atoms with van der Waals surface area (Å²) < 4.78 is 85.1. The molecule has 0 amide bonds. The Morgan fingerprint density at radius 1 is 0.860 bits per heavy atom. The largest absolute Gasteiger partial charge is 0.490 e. The second-order valence-corrected chi connectivity index (χ2v) is 11.7. The first-order valence-electron chi connectivity index (χ1n) is 15.2. The van der Waals surface area contributed by atoms with E-state index in [1.54, 1.807) is 25.1 Å². The fourth-order valence-corrected chi connectivity index (χ4v) is 6.21. The van der Waals surface area contributed by atoms with Crippen LogP contribution >= 0.6 is 0 Å². The van der Waals surface area contributed by atoms with Crippen molar-refractivity contribution in [1.29, 1.82) is 0 Å². The lowest BCUT2D eigenvalue weighted by Gasteiger charge is -2.42. The predicted molar refractivity (Wildman–Crippen MR) is 156 cm³/mol. The first-order chi connectivity index (χ1) is 20.7. The summed E-state index contributed by atoms with van der Waals surface area (Å²) in [6, 6.07) is 15.0. The minimum absolute atomic E-state index is 0.0649. The second-order valence-electron chi connectivity index (χ2n) is 11.7. The number of halogens is 5. The Morgan fingerprint density at radius 2 is 1.53 bits per heavy atom. The van der Waals surface area contributed by atoms with Gasteiger partial charge in [0, 0.05) is 23.7 Å². The molecule has 1 saturated heterocycles. The Morgan fingerprint density at radius 3 is 2.19 bits per heavy atom. The Labute approximate surface area is 250 Å². The molecule has 2 aliphatic rings. The third kappa shape index (κ3) is 8.26. The summed E-state index contributed by atoms with van der Waals surface area (Å²) in [5.74, 6) is -1.22. The molecule has 4 nitrogen and oxygen atoms in total. The molecule has 2 heterocycles. The third-order valence-electron chi connectivity index (χ3n) is 8.32. The summed E-state index contributed by atoms with van der Waals surface area (Å²) in [5, 5.41) is 3.39. The maximum absolute atomic E-state index is 15.9. The van der Waals surface area contributed by atoms with Crippen LogP contribution in [0.5, 0.6) is 11.5 Å². The standard InChI is InChI=1S/C34H39F5N2O2/c1-23-17-25-18-27(42-21-24-9-3-2-4-10-24)13-14-29(25)33(41(23)22-34(37,38)39)32-30(35)19-28(20-31(32)36)43-26-11-5-7-15-40-16-8-6-12-26/h2-4,9-10,13-14,18-20,23,26,33,40H,5-8,11-12,15-17,21-22H2,1H3/t23-,33?/m1/s1. The van der Waals surface area contributed by atoms with Crippen molar-refractivity contribution >= 4 is 0 Å². The van der Waals surface area contributed by atoms with Gasteiger partial charge in [0.15, 0.2) is 0 Å². The number of nitrogens with zero attached hydrogens (tertiary/aromatic N) is 1. The number of alkyl halides is 3. The molecule has 0 radical (unpaired) electrons. The van der Waals surface area contributed by atoms with Gasteiger partial charge >= 0.3 is 6.18 Å². The fraction of sp³-hybridized carbons (Fsp3) is 0.471. The van der Waals surface area contributed by atoms with E-state index in [2.05, 4.69) is 5.32 Å². The van der Waals surface area contributed by atoms with Gasteiger partial charge in [-0.05, 0) is 93.8 Å². The lowest BCUT2D eigenvalue weighted by Crippen LogP contribution is -2.47. The number of rotatable bonds is 7. The van der Waals surface area contributed by atoms with E-state index in [-0.39, 0.29) is 18.3 Å². The molecule has 0 aliphatic carbocycles. The molecule has 3 aromatic rings. The number of hydrogen-bond donors (Lipinski definition) is 1. The van der Waals surface area contributed by atoms with Crippen LogP contribution in [0.1, 0.15) is 73.7 Å². The highest BCUT2D eigenvalue weighted by molar-refractivity contribution is 5.46. The summed E-state index contributed by atoms with van der Waals surface area (Å²) in [5.41, 5.74) is 1.70. The van der Waals surface area contributed by atoms with Crippen molar-refractivity contribution in [2.24, 2.45) is 0 Å². The number of fused-ring (bicyclic) bond motifs is 1. The molecule has 2 aliphatic heterocycles. The van der Waals surface area contributed by atoms with E-state index in [1.165, 1.54) is 0 Å². The smallest absolute Gasteiger partial charge is 0.401 e. The molecular formula is C34H39F5N2O2. The van der Waals surface area contributed by atoms with Gasteiger partial charge in [-0.2, -0.15) is 13.2 Å². The topological polar surface area (TPSA) is 33.7 Å². The maximum Gasteiger partial charge on any atom is 0.401 e. The van der Waals surface area contributed by atoms with Gasteiger partial charge in [0.25, 0.3) is 0 Å². The van der Waals surface area contributed by atoms with E-state index in [1.807, 2.05) is 30.3 Å². The Hall–Kier alpha value is -3.17. The van der Waals surface area contributed by atoms with Gasteiger partial charge in [-0.3, -0.25) is 4.90 Å². The van der Waals surface area contributed by atoms with Crippen molar-refractivity contribution in [2.45, 2.75) is 82.8 Å². The lowest BCUT2D eigenvalue weighted by atomic mass is 9.84. The molecule has 43 heavy (non-hydrogen) atoms. The van der Waals surface area contributed by atoms with Crippen LogP contribution in [0, 0.1) is 11.6 Å². The molecule has 9 heteroatoms. The number of nitrogens with one attached hydrogen (secondary N) is 1. The van der Waals surface area contributed by atoms with E-state index in [9.17, 15) is 13.2 Å². The van der Waals surface area contributed by atoms with E-state index < -0.39 is 42.0 Å². The predicted octanol–water partition coefficient (Wildman–Crippen LogP) is 8.13. The molecule has 0 bridgehead atoms. The van der Waals surface area contributed by atoms with Crippen LogP contribution in [0.25, 0.3) is 0 Å². The van der Waals surface area contributed by atoms with Gasteiger partial charge in [-0.15, -0.1) is 0 Å². The maximum atomic E-state index is 15.9. The van der Waals surface area contributed by atoms with Gasteiger partial charge in [-0.1, -0.05) is 36.4 Å². The lowest BCUT2D eigenvalue weighted by molar-refractivity contribution is -0.155. The summed E-state index contributed by atoms with van der Waals surface area (Å²) in [4.78, 5) is 1.14. The van der Waals surface area contributed by atoms with Crippen LogP contribution in [0.4, 0.5) is 22.0 Å². The van der Waals surface area contributed by atoms with Crippen LogP contribution in [-0.4, -0.2) is 42.9 Å². The number of hydrogen-bond acceptors (Lipinski definition) is 4. The highest BCUT2D eigenvalue weighted by Crippen LogP contribution is 2.43. The monoisotopic (exact) mass is 602 g/mol. The van der Waals surface area contributed by atoms with Crippen molar-refractivity contribution in [3.8, 4) is 11.5 Å². The zero-order chi connectivity index (χ0) is 30.4. The molecule has 3 aromatic carbocycles. The minimum atomic E-state index is -4.55. The second kappa shape index (κ2) is 14.1. The highest BCUT2D eigenvalue weighted by atomic mass is 19.4. The van der Waals surface area contributed by atoms with Gasteiger partial charge in [0.2, 0.25) is 0 Å². The molecular weight excluding hydrogens is 563 g/mol. The molecule has 2 atom stereocenters. The Balaban J connectivity index is 1.44. The zero-order valence-electron chi connectivity index (χ0n) is 24.4. The summed E-state index contributed by atoms with van der Waals surface area (Å²) in [7, 11) is 0. The number of ether oxygens (including phenoxy) is 2. The quantitative estimate of drug-likeness (QED) is 0.277. The van der Waals surface area contributed by atoms with Gasteiger partial charge in [-0.25, -0.2) is 8.78 Å². The normalized spacial score (nSPS) is 20.8. The molecule has 232 valence electrons. The average molecular weight is 603 g/mol. The fourth-order valence-electron chi connectivity index (χ4n) is 6.21. The zero-order valence-corrected chi connectivity index (χ0v) is 24.4. The first-order valence-corrected chi connectivity index (χ1v) is 15.2. The van der Waals surface area contributed by atoms with Gasteiger partial charge in [0.05, 0.1) is 18.7 Å². The van der Waals surface area contributed by atoms with Crippen molar-refractivity contribution < 1.29 is 31.4 Å². The molecule has 0 aromatic heterocycles. The molecule has 1 unspecified atom stereocenters. The van der Waals surface area contributed by atoms with Crippen LogP contribution < -0.4 is 14.8 Å². The van der Waals surface area contributed by atoms with Crippen molar-refractivity contribution in [3.05, 3.63) is 94.6 Å². The molecule has 0 saturated carbocycles. The van der Waals surface area contributed by atoms with Crippen molar-refractivity contribution in [3.63, 3.8) is 0 Å². The number of benzene rings is 3. The van der Waals surface area contributed by atoms with Crippen LogP contribution in [0.15, 0.2) is 60.7 Å². The van der Waals surface area contributed by atoms with Crippen molar-refractivity contribution in [2.75, 3.05) is 19.6 Å². The van der Waals surface area contributed by atoms with Gasteiger partial charge < -0.3 is 14.8 Å².